The standard InChI is InChI=1S/C11H14N2/c12-8-4-2-6-10-11(8)7-3-1-5-9(7)13-10/h1-4,6-7,9-11,13H,5,12H2. The number of rotatable bonds is 0. The fourth-order valence-electron chi connectivity index (χ4n) is 2.82. The van der Waals surface area contributed by atoms with Crippen LogP contribution in [0.1, 0.15) is 6.42 Å². The summed E-state index contributed by atoms with van der Waals surface area (Å²) in [6.45, 7) is 0. The Hall–Kier alpha value is -1.02. The van der Waals surface area contributed by atoms with Crippen LogP contribution >= 0.6 is 0 Å². The molecule has 0 aromatic rings. The predicted octanol–water partition coefficient (Wildman–Crippen LogP) is 0.931. The topological polar surface area (TPSA) is 38.0 Å². The molecular formula is C11H14N2. The lowest BCUT2D eigenvalue weighted by molar-refractivity contribution is 0.490. The van der Waals surface area contributed by atoms with Crippen LogP contribution in [0.3, 0.4) is 0 Å². The normalized spacial score (nSPS) is 46.0. The van der Waals surface area contributed by atoms with Crippen molar-refractivity contribution in [3.63, 3.8) is 0 Å². The molecule has 4 atom stereocenters. The molecule has 0 bridgehead atoms. The zero-order valence-electron chi connectivity index (χ0n) is 7.48. The fourth-order valence-corrected chi connectivity index (χ4v) is 2.82. The SMILES string of the molecule is NC1=CC=CC2NC3CC=CC3C12. The zero-order chi connectivity index (χ0) is 8.84. The first kappa shape index (κ1) is 7.39. The van der Waals surface area contributed by atoms with Crippen molar-refractivity contribution in [2.75, 3.05) is 0 Å². The van der Waals surface area contributed by atoms with E-state index in [4.69, 9.17) is 5.73 Å². The van der Waals surface area contributed by atoms with Gasteiger partial charge in [-0.25, -0.2) is 0 Å². The van der Waals surface area contributed by atoms with E-state index in [1.165, 1.54) is 6.42 Å². The van der Waals surface area contributed by atoms with Crippen molar-refractivity contribution in [2.24, 2.45) is 17.6 Å². The molecule has 3 N–H and O–H groups in total. The second-order valence-electron chi connectivity index (χ2n) is 4.12. The van der Waals surface area contributed by atoms with Crippen LogP contribution in [0, 0.1) is 11.8 Å². The van der Waals surface area contributed by atoms with E-state index in [2.05, 4.69) is 29.6 Å². The third-order valence-electron chi connectivity index (χ3n) is 3.41. The largest absolute Gasteiger partial charge is 0.402 e. The van der Waals surface area contributed by atoms with Gasteiger partial charge in [-0.05, 0) is 12.5 Å². The van der Waals surface area contributed by atoms with Crippen LogP contribution in [0.15, 0.2) is 36.1 Å². The van der Waals surface area contributed by atoms with E-state index in [1.54, 1.807) is 0 Å². The molecule has 13 heavy (non-hydrogen) atoms. The van der Waals surface area contributed by atoms with E-state index >= 15 is 0 Å². The summed E-state index contributed by atoms with van der Waals surface area (Å²) in [4.78, 5) is 0. The van der Waals surface area contributed by atoms with Gasteiger partial charge in [0, 0.05) is 29.6 Å². The molecule has 2 aliphatic carbocycles. The molecule has 1 aliphatic heterocycles. The van der Waals surface area contributed by atoms with Crippen molar-refractivity contribution in [1.82, 2.24) is 5.32 Å². The Morgan fingerprint density at radius 2 is 2.31 bits per heavy atom. The third kappa shape index (κ3) is 0.923. The summed E-state index contributed by atoms with van der Waals surface area (Å²) in [5, 5.41) is 3.62. The van der Waals surface area contributed by atoms with Crippen LogP contribution in [-0.4, -0.2) is 12.1 Å². The van der Waals surface area contributed by atoms with Crippen molar-refractivity contribution in [3.8, 4) is 0 Å². The van der Waals surface area contributed by atoms with Crippen molar-refractivity contribution in [1.29, 1.82) is 0 Å². The van der Waals surface area contributed by atoms with Crippen molar-refractivity contribution in [3.05, 3.63) is 36.1 Å². The van der Waals surface area contributed by atoms with Gasteiger partial charge in [0.2, 0.25) is 0 Å². The van der Waals surface area contributed by atoms with Gasteiger partial charge in [-0.2, -0.15) is 0 Å². The molecule has 3 aliphatic rings. The molecule has 1 heterocycles. The van der Waals surface area contributed by atoms with Gasteiger partial charge in [0.25, 0.3) is 0 Å². The van der Waals surface area contributed by atoms with Gasteiger partial charge in [0.05, 0.1) is 0 Å². The van der Waals surface area contributed by atoms with E-state index in [-0.39, 0.29) is 0 Å². The Morgan fingerprint density at radius 3 is 3.23 bits per heavy atom. The van der Waals surface area contributed by atoms with E-state index in [0.717, 1.165) is 5.70 Å². The average molecular weight is 174 g/mol. The predicted molar refractivity (Wildman–Crippen MR) is 52.9 cm³/mol. The van der Waals surface area contributed by atoms with Crippen LogP contribution in [0.2, 0.25) is 0 Å². The summed E-state index contributed by atoms with van der Waals surface area (Å²) in [6.07, 6.45) is 12.1. The van der Waals surface area contributed by atoms with Crippen molar-refractivity contribution < 1.29 is 0 Å². The molecule has 0 spiro atoms. The van der Waals surface area contributed by atoms with Crippen molar-refractivity contribution >= 4 is 0 Å². The number of allylic oxidation sites excluding steroid dienone is 2. The first-order valence-corrected chi connectivity index (χ1v) is 4.93. The highest BCUT2D eigenvalue weighted by Crippen LogP contribution is 2.39. The number of nitrogens with two attached hydrogens (primary N) is 1. The van der Waals surface area contributed by atoms with Gasteiger partial charge in [-0.1, -0.05) is 24.3 Å². The minimum absolute atomic E-state index is 0.477. The Balaban J connectivity index is 1.98. The lowest BCUT2D eigenvalue weighted by Gasteiger charge is -2.22. The average Bonchev–Trinajstić information content (AvgIpc) is 2.62. The molecule has 1 fully saturated rings. The number of hydrogen-bond acceptors (Lipinski definition) is 2. The maximum atomic E-state index is 6.01. The van der Waals surface area contributed by atoms with Crippen LogP contribution in [-0.2, 0) is 0 Å². The first-order valence-electron chi connectivity index (χ1n) is 4.93. The molecular weight excluding hydrogens is 160 g/mol. The summed E-state index contributed by atoms with van der Waals surface area (Å²) in [7, 11) is 0. The minimum atomic E-state index is 0.477. The summed E-state index contributed by atoms with van der Waals surface area (Å²) in [6, 6.07) is 1.11. The Kier molecular flexibility index (Phi) is 1.41. The highest BCUT2D eigenvalue weighted by Gasteiger charge is 2.43. The molecule has 68 valence electrons. The first-order chi connectivity index (χ1) is 6.36. The number of nitrogens with one attached hydrogen (secondary N) is 1. The molecule has 2 nitrogen and oxygen atoms in total. The molecule has 4 unspecified atom stereocenters. The second kappa shape index (κ2) is 2.48. The van der Waals surface area contributed by atoms with Crippen LogP contribution in [0.5, 0.6) is 0 Å². The van der Waals surface area contributed by atoms with Crippen LogP contribution in [0.4, 0.5) is 0 Å². The Morgan fingerprint density at radius 1 is 1.38 bits per heavy atom. The molecule has 0 amide bonds. The van der Waals surface area contributed by atoms with E-state index in [0.29, 0.717) is 23.9 Å². The van der Waals surface area contributed by atoms with Crippen LogP contribution < -0.4 is 11.1 Å². The maximum Gasteiger partial charge on any atom is 0.0345 e. The highest BCUT2D eigenvalue weighted by molar-refractivity contribution is 5.31. The van der Waals surface area contributed by atoms with E-state index in [1.807, 2.05) is 6.08 Å². The van der Waals surface area contributed by atoms with Gasteiger partial charge in [-0.15, -0.1) is 0 Å². The molecule has 2 heteroatoms. The van der Waals surface area contributed by atoms with Gasteiger partial charge >= 0.3 is 0 Å². The van der Waals surface area contributed by atoms with Gasteiger partial charge in [-0.3, -0.25) is 0 Å². The molecule has 0 aromatic carbocycles. The number of fused-ring (bicyclic) bond motifs is 3. The summed E-state index contributed by atoms with van der Waals surface area (Å²) in [5.41, 5.74) is 7.05. The van der Waals surface area contributed by atoms with Gasteiger partial charge in [0.15, 0.2) is 0 Å². The van der Waals surface area contributed by atoms with E-state index in [9.17, 15) is 0 Å². The monoisotopic (exact) mass is 174 g/mol. The maximum absolute atomic E-state index is 6.01. The number of hydrogen-bond donors (Lipinski definition) is 2. The third-order valence-corrected chi connectivity index (χ3v) is 3.41. The van der Waals surface area contributed by atoms with Gasteiger partial charge < -0.3 is 11.1 Å². The van der Waals surface area contributed by atoms with Crippen molar-refractivity contribution in [2.45, 2.75) is 18.5 Å². The lowest BCUT2D eigenvalue weighted by atomic mass is 9.84. The highest BCUT2D eigenvalue weighted by atomic mass is 15.0. The van der Waals surface area contributed by atoms with Crippen LogP contribution in [0.25, 0.3) is 0 Å². The molecule has 1 saturated heterocycles. The van der Waals surface area contributed by atoms with Gasteiger partial charge in [0.1, 0.15) is 0 Å². The zero-order valence-corrected chi connectivity index (χ0v) is 7.48. The smallest absolute Gasteiger partial charge is 0.0345 e. The van der Waals surface area contributed by atoms with E-state index < -0.39 is 0 Å². The summed E-state index contributed by atoms with van der Waals surface area (Å²) < 4.78 is 0. The fraction of sp³-hybridized carbons (Fsp3) is 0.455. The molecule has 0 saturated carbocycles. The molecule has 0 aromatic heterocycles. The lowest BCUT2D eigenvalue weighted by Crippen LogP contribution is -2.32. The minimum Gasteiger partial charge on any atom is -0.402 e. The summed E-state index contributed by atoms with van der Waals surface area (Å²) >= 11 is 0. The Bertz CT molecular complexity index is 314. The quantitative estimate of drug-likeness (QED) is 0.536. The Labute approximate surface area is 78.2 Å². The molecule has 0 radical (unpaired) electrons. The summed E-state index contributed by atoms with van der Waals surface area (Å²) in [5.74, 6) is 1.14. The second-order valence-corrected chi connectivity index (χ2v) is 4.12. The molecule has 3 rings (SSSR count).